The highest BCUT2D eigenvalue weighted by atomic mass is 32.2. The fraction of sp³-hybridized carbons (Fsp3) is 0.227. The van der Waals surface area contributed by atoms with Gasteiger partial charge in [0.1, 0.15) is 0 Å². The fourth-order valence-electron chi connectivity index (χ4n) is 3.02. The SMILES string of the molecule is OCc1ccc([C@H](O)[C@H](c2ccccc2)[C@H](O)CSc2ccccn2)cc1. The third kappa shape index (κ3) is 5.17. The molecule has 0 radical (unpaired) electrons. The van der Waals surface area contributed by atoms with Crippen LogP contribution >= 0.6 is 11.8 Å². The van der Waals surface area contributed by atoms with Gasteiger partial charge >= 0.3 is 0 Å². The van der Waals surface area contributed by atoms with E-state index in [-0.39, 0.29) is 6.61 Å². The van der Waals surface area contributed by atoms with Crippen LogP contribution in [0, 0.1) is 0 Å². The molecule has 1 aromatic heterocycles. The van der Waals surface area contributed by atoms with Crippen LogP contribution in [0.3, 0.4) is 0 Å². The van der Waals surface area contributed by atoms with Crippen molar-refractivity contribution in [3.63, 3.8) is 0 Å². The van der Waals surface area contributed by atoms with Crippen molar-refractivity contribution in [1.29, 1.82) is 0 Å². The van der Waals surface area contributed by atoms with E-state index in [0.29, 0.717) is 11.3 Å². The predicted octanol–water partition coefficient (Wildman–Crippen LogP) is 3.54. The number of rotatable bonds is 8. The summed E-state index contributed by atoms with van der Waals surface area (Å²) in [5.74, 6) is -0.0510. The normalized spacial score (nSPS) is 14.5. The Morgan fingerprint density at radius 2 is 1.52 bits per heavy atom. The Morgan fingerprint density at radius 3 is 2.15 bits per heavy atom. The number of aliphatic hydroxyl groups excluding tert-OH is 3. The van der Waals surface area contributed by atoms with E-state index in [2.05, 4.69) is 4.98 Å². The predicted molar refractivity (Wildman–Crippen MR) is 107 cm³/mol. The molecular weight excluding hydrogens is 358 g/mol. The minimum Gasteiger partial charge on any atom is -0.392 e. The molecule has 0 fully saturated rings. The zero-order valence-corrected chi connectivity index (χ0v) is 15.7. The molecule has 0 bridgehead atoms. The Bertz CT molecular complexity index is 812. The average molecular weight is 381 g/mol. The van der Waals surface area contributed by atoms with Crippen LogP contribution in [0.1, 0.15) is 28.7 Å². The van der Waals surface area contributed by atoms with Crippen LogP contribution in [0.4, 0.5) is 0 Å². The molecule has 1 heterocycles. The lowest BCUT2D eigenvalue weighted by atomic mass is 9.85. The molecule has 0 amide bonds. The van der Waals surface area contributed by atoms with Gasteiger partial charge in [-0.2, -0.15) is 0 Å². The molecule has 0 spiro atoms. The summed E-state index contributed by atoms with van der Waals surface area (Å²) >= 11 is 1.46. The molecule has 2 aromatic carbocycles. The molecule has 4 nitrogen and oxygen atoms in total. The summed E-state index contributed by atoms with van der Waals surface area (Å²) < 4.78 is 0. The first-order chi connectivity index (χ1) is 13.2. The molecule has 0 aliphatic heterocycles. The summed E-state index contributed by atoms with van der Waals surface area (Å²) in [4.78, 5) is 4.27. The number of benzene rings is 2. The number of hydrogen-bond acceptors (Lipinski definition) is 5. The number of aromatic nitrogens is 1. The van der Waals surface area contributed by atoms with Crippen LogP contribution in [-0.2, 0) is 6.61 Å². The number of thioether (sulfide) groups is 1. The summed E-state index contributed by atoms with van der Waals surface area (Å²) in [6.07, 6.45) is 0.104. The summed E-state index contributed by atoms with van der Waals surface area (Å²) in [6.45, 7) is -0.0399. The van der Waals surface area contributed by atoms with E-state index < -0.39 is 18.1 Å². The Hall–Kier alpha value is -2.18. The molecule has 0 saturated heterocycles. The van der Waals surface area contributed by atoms with Crippen molar-refractivity contribution >= 4 is 11.8 Å². The molecule has 3 rings (SSSR count). The van der Waals surface area contributed by atoms with Gasteiger partial charge in [0.25, 0.3) is 0 Å². The van der Waals surface area contributed by atoms with E-state index >= 15 is 0 Å². The van der Waals surface area contributed by atoms with Gasteiger partial charge in [-0.3, -0.25) is 0 Å². The van der Waals surface area contributed by atoms with Gasteiger partial charge in [0.05, 0.1) is 23.8 Å². The Kier molecular flexibility index (Phi) is 7.01. The molecule has 3 aromatic rings. The van der Waals surface area contributed by atoms with Crippen molar-refractivity contribution < 1.29 is 15.3 Å². The number of pyridine rings is 1. The Morgan fingerprint density at radius 1 is 0.815 bits per heavy atom. The minimum atomic E-state index is -0.862. The highest BCUT2D eigenvalue weighted by molar-refractivity contribution is 7.99. The van der Waals surface area contributed by atoms with Crippen LogP contribution in [0.5, 0.6) is 0 Å². The van der Waals surface area contributed by atoms with Crippen molar-refractivity contribution in [1.82, 2.24) is 4.98 Å². The zero-order valence-electron chi connectivity index (χ0n) is 14.8. The third-order valence-electron chi connectivity index (χ3n) is 4.48. The fourth-order valence-corrected chi connectivity index (χ4v) is 3.88. The molecule has 0 unspecified atom stereocenters. The maximum absolute atomic E-state index is 11.0. The van der Waals surface area contributed by atoms with Gasteiger partial charge < -0.3 is 15.3 Å². The second-order valence-electron chi connectivity index (χ2n) is 6.33. The lowest BCUT2D eigenvalue weighted by Crippen LogP contribution is -2.27. The summed E-state index contributed by atoms with van der Waals surface area (Å²) in [7, 11) is 0. The Labute approximate surface area is 163 Å². The van der Waals surface area contributed by atoms with E-state index in [0.717, 1.165) is 16.2 Å². The lowest BCUT2D eigenvalue weighted by Gasteiger charge is -2.28. The van der Waals surface area contributed by atoms with Gasteiger partial charge in [-0.15, -0.1) is 11.8 Å². The highest BCUT2D eigenvalue weighted by Crippen LogP contribution is 2.35. The Balaban J connectivity index is 1.81. The van der Waals surface area contributed by atoms with Crippen LogP contribution in [-0.4, -0.2) is 32.2 Å². The molecule has 5 heteroatoms. The van der Waals surface area contributed by atoms with E-state index in [1.54, 1.807) is 30.5 Å². The minimum absolute atomic E-state index is 0.0399. The first-order valence-electron chi connectivity index (χ1n) is 8.83. The van der Waals surface area contributed by atoms with Gasteiger partial charge in [0, 0.05) is 17.9 Å². The highest BCUT2D eigenvalue weighted by Gasteiger charge is 2.30. The summed E-state index contributed by atoms with van der Waals surface area (Å²) in [5.41, 5.74) is 2.38. The average Bonchev–Trinajstić information content (AvgIpc) is 2.74. The van der Waals surface area contributed by atoms with Crippen LogP contribution in [0.15, 0.2) is 84.0 Å². The molecule has 0 aliphatic rings. The summed E-state index contributed by atoms with van der Waals surface area (Å²) in [6, 6.07) is 22.4. The second kappa shape index (κ2) is 9.67. The van der Waals surface area contributed by atoms with Crippen LogP contribution in [0.25, 0.3) is 0 Å². The lowest BCUT2D eigenvalue weighted by molar-refractivity contribution is 0.0642. The van der Waals surface area contributed by atoms with Gasteiger partial charge in [0.15, 0.2) is 0 Å². The van der Waals surface area contributed by atoms with E-state index in [1.807, 2.05) is 48.5 Å². The molecular formula is C22H23NO3S. The van der Waals surface area contributed by atoms with E-state index in [9.17, 15) is 15.3 Å². The maximum atomic E-state index is 11.0. The van der Waals surface area contributed by atoms with Gasteiger partial charge in [-0.05, 0) is 28.8 Å². The van der Waals surface area contributed by atoms with Crippen molar-refractivity contribution in [2.24, 2.45) is 0 Å². The van der Waals surface area contributed by atoms with Crippen LogP contribution in [0.2, 0.25) is 0 Å². The van der Waals surface area contributed by atoms with Gasteiger partial charge in [-0.1, -0.05) is 60.7 Å². The monoisotopic (exact) mass is 381 g/mol. The first-order valence-corrected chi connectivity index (χ1v) is 9.82. The van der Waals surface area contributed by atoms with E-state index in [4.69, 9.17) is 0 Å². The third-order valence-corrected chi connectivity index (χ3v) is 5.53. The molecule has 0 aliphatic carbocycles. The largest absolute Gasteiger partial charge is 0.392 e. The van der Waals surface area contributed by atoms with Gasteiger partial charge in [-0.25, -0.2) is 4.98 Å². The van der Waals surface area contributed by atoms with Crippen molar-refractivity contribution in [2.45, 2.75) is 29.8 Å². The van der Waals surface area contributed by atoms with E-state index in [1.165, 1.54) is 11.8 Å². The molecule has 27 heavy (non-hydrogen) atoms. The van der Waals surface area contributed by atoms with Crippen molar-refractivity contribution in [3.8, 4) is 0 Å². The second-order valence-corrected chi connectivity index (χ2v) is 7.37. The molecule has 3 N–H and O–H groups in total. The van der Waals surface area contributed by atoms with Gasteiger partial charge in [0.2, 0.25) is 0 Å². The number of hydrogen-bond donors (Lipinski definition) is 3. The quantitative estimate of drug-likeness (QED) is 0.521. The first kappa shape index (κ1) is 19.6. The van der Waals surface area contributed by atoms with Crippen molar-refractivity contribution in [3.05, 3.63) is 95.7 Å². The molecule has 3 atom stereocenters. The molecule has 0 saturated carbocycles. The van der Waals surface area contributed by atoms with Crippen LogP contribution < -0.4 is 0 Å². The number of aliphatic hydroxyl groups is 3. The zero-order chi connectivity index (χ0) is 19.1. The standard InChI is InChI=1S/C22H23NO3S/c24-14-16-9-11-18(12-10-16)22(26)21(17-6-2-1-3-7-17)19(25)15-27-20-8-4-5-13-23-20/h1-13,19,21-22,24-26H,14-15H2/t19-,21-,22+/m1/s1. The van der Waals surface area contributed by atoms with Crippen molar-refractivity contribution in [2.75, 3.05) is 5.75 Å². The molecule has 140 valence electrons. The topological polar surface area (TPSA) is 73.6 Å². The maximum Gasteiger partial charge on any atom is 0.0960 e. The number of nitrogens with zero attached hydrogens (tertiary/aromatic N) is 1. The summed E-state index contributed by atoms with van der Waals surface area (Å²) in [5, 5.41) is 32.0. The smallest absolute Gasteiger partial charge is 0.0960 e.